The van der Waals surface area contributed by atoms with Crippen molar-refractivity contribution in [3.8, 4) is 0 Å². The van der Waals surface area contributed by atoms with E-state index in [1.54, 1.807) is 0 Å². The lowest BCUT2D eigenvalue weighted by molar-refractivity contribution is -0.200. The highest BCUT2D eigenvalue weighted by atomic mass is 16.1. The van der Waals surface area contributed by atoms with E-state index >= 15 is 0 Å². The van der Waals surface area contributed by atoms with Crippen molar-refractivity contribution in [3.05, 3.63) is 0 Å². The maximum Gasteiger partial charge on any atom is 0.136 e. The van der Waals surface area contributed by atoms with Gasteiger partial charge in [0.2, 0.25) is 0 Å². The van der Waals surface area contributed by atoms with Crippen molar-refractivity contribution < 1.29 is 9.59 Å². The Morgan fingerprint density at radius 3 is 2.26 bits per heavy atom. The summed E-state index contributed by atoms with van der Waals surface area (Å²) in [5.74, 6) is 2.12. The van der Waals surface area contributed by atoms with E-state index < -0.39 is 0 Å². The summed E-state index contributed by atoms with van der Waals surface area (Å²) >= 11 is 0. The quantitative estimate of drug-likeness (QED) is 0.569. The summed E-state index contributed by atoms with van der Waals surface area (Å²) in [5.41, 5.74) is 1.43. The topological polar surface area (TPSA) is 34.1 Å². The third-order valence-electron chi connectivity index (χ3n) is 12.5. The van der Waals surface area contributed by atoms with Crippen LogP contribution >= 0.6 is 0 Å². The second-order valence-corrected chi connectivity index (χ2v) is 12.3. The standard InChI is InChI=1S/C25H38O2/c1-16-14-25-15-24(25)12-9-20(3,17(2)26)22(24,5)10-11-23(25,6)21(4)8-7-18(27)13-19(16)21/h16,19H,7-15H2,1-6H3/t16?,19?,20?,21-,22+,23?,24?,25?/m0/s1. The molecule has 8 atom stereocenters. The highest BCUT2D eigenvalue weighted by molar-refractivity contribution is 5.84. The third-order valence-corrected chi connectivity index (χ3v) is 12.5. The van der Waals surface area contributed by atoms with Crippen LogP contribution in [0.1, 0.15) is 99.3 Å². The first-order valence-electron chi connectivity index (χ1n) is 11.5. The van der Waals surface area contributed by atoms with Gasteiger partial charge in [-0.2, -0.15) is 0 Å². The average molecular weight is 371 g/mol. The Morgan fingerprint density at radius 2 is 1.59 bits per heavy atom. The van der Waals surface area contributed by atoms with Crippen molar-refractivity contribution >= 4 is 11.6 Å². The van der Waals surface area contributed by atoms with Crippen LogP contribution < -0.4 is 0 Å². The van der Waals surface area contributed by atoms with E-state index in [1.165, 1.54) is 32.1 Å². The largest absolute Gasteiger partial charge is 0.300 e. The fraction of sp³-hybridized carbons (Fsp3) is 0.920. The minimum atomic E-state index is -0.138. The molecule has 0 N–H and O–H groups in total. The van der Waals surface area contributed by atoms with Crippen molar-refractivity contribution in [2.24, 2.45) is 44.3 Å². The summed E-state index contributed by atoms with van der Waals surface area (Å²) in [4.78, 5) is 25.1. The number of carbonyl (C=O) groups is 2. The van der Waals surface area contributed by atoms with Gasteiger partial charge in [-0.15, -0.1) is 0 Å². The van der Waals surface area contributed by atoms with Crippen LogP contribution in [-0.2, 0) is 9.59 Å². The van der Waals surface area contributed by atoms with E-state index in [-0.39, 0.29) is 10.8 Å². The van der Waals surface area contributed by atoms with Crippen LogP contribution in [0.5, 0.6) is 0 Å². The first-order valence-corrected chi connectivity index (χ1v) is 11.5. The predicted molar refractivity (Wildman–Crippen MR) is 107 cm³/mol. The molecule has 5 aliphatic rings. The van der Waals surface area contributed by atoms with E-state index in [9.17, 15) is 9.59 Å². The minimum Gasteiger partial charge on any atom is -0.300 e. The minimum absolute atomic E-state index is 0.138. The zero-order valence-electron chi connectivity index (χ0n) is 18.3. The molecule has 0 amide bonds. The van der Waals surface area contributed by atoms with Crippen molar-refractivity contribution in [2.75, 3.05) is 0 Å². The normalized spacial score (nSPS) is 61.5. The number of Topliss-reactive ketones (excluding diaryl/α,β-unsaturated/α-hetero) is 2. The summed E-state index contributed by atoms with van der Waals surface area (Å²) in [6, 6.07) is 0. The Kier molecular flexibility index (Phi) is 3.22. The lowest BCUT2D eigenvalue weighted by Gasteiger charge is -2.68. The van der Waals surface area contributed by atoms with Crippen molar-refractivity contribution in [1.29, 1.82) is 0 Å². The van der Waals surface area contributed by atoms with E-state index in [0.717, 1.165) is 25.7 Å². The molecule has 5 saturated carbocycles. The van der Waals surface area contributed by atoms with E-state index in [4.69, 9.17) is 0 Å². The smallest absolute Gasteiger partial charge is 0.136 e. The molecule has 6 unspecified atom stereocenters. The van der Waals surface area contributed by atoms with E-state index in [0.29, 0.717) is 45.1 Å². The molecule has 0 heterocycles. The molecule has 0 aromatic carbocycles. The van der Waals surface area contributed by atoms with Gasteiger partial charge in [0, 0.05) is 18.3 Å². The molecular weight excluding hydrogens is 332 g/mol. The summed E-state index contributed by atoms with van der Waals surface area (Å²) < 4.78 is 0. The van der Waals surface area contributed by atoms with Gasteiger partial charge >= 0.3 is 0 Å². The Balaban J connectivity index is 1.64. The second-order valence-electron chi connectivity index (χ2n) is 12.3. The molecule has 5 rings (SSSR count). The van der Waals surface area contributed by atoms with Crippen molar-refractivity contribution in [3.63, 3.8) is 0 Å². The van der Waals surface area contributed by atoms with Crippen LogP contribution in [0.25, 0.3) is 0 Å². The summed E-state index contributed by atoms with van der Waals surface area (Å²) in [6.07, 6.45) is 10.1. The summed E-state index contributed by atoms with van der Waals surface area (Å²) in [6.45, 7) is 14.2. The molecular formula is C25H38O2. The van der Waals surface area contributed by atoms with Gasteiger partial charge in [0.25, 0.3) is 0 Å². The summed E-state index contributed by atoms with van der Waals surface area (Å²) in [7, 11) is 0. The Bertz CT molecular complexity index is 755. The van der Waals surface area contributed by atoms with Gasteiger partial charge in [-0.05, 0) is 90.8 Å². The van der Waals surface area contributed by atoms with Gasteiger partial charge in [0.15, 0.2) is 0 Å². The molecule has 0 bridgehead atoms. The number of ketones is 2. The highest BCUT2D eigenvalue weighted by Crippen LogP contribution is 2.95. The number of rotatable bonds is 1. The van der Waals surface area contributed by atoms with Crippen LogP contribution in [0.15, 0.2) is 0 Å². The lowest BCUT2D eigenvalue weighted by Crippen LogP contribution is -2.62. The van der Waals surface area contributed by atoms with Crippen LogP contribution in [0, 0.1) is 44.3 Å². The molecule has 150 valence electrons. The summed E-state index contributed by atoms with van der Waals surface area (Å²) in [5, 5.41) is 0. The van der Waals surface area contributed by atoms with Crippen molar-refractivity contribution in [1.82, 2.24) is 0 Å². The highest BCUT2D eigenvalue weighted by Gasteiger charge is 2.89. The molecule has 0 aromatic heterocycles. The fourth-order valence-electron chi connectivity index (χ4n) is 10.3. The predicted octanol–water partition coefficient (Wildman–Crippen LogP) is 5.97. The third kappa shape index (κ3) is 1.58. The zero-order valence-corrected chi connectivity index (χ0v) is 18.3. The molecule has 2 spiro atoms. The molecule has 0 radical (unpaired) electrons. The Hall–Kier alpha value is -0.660. The fourth-order valence-corrected chi connectivity index (χ4v) is 10.3. The van der Waals surface area contributed by atoms with Gasteiger partial charge in [-0.3, -0.25) is 9.59 Å². The van der Waals surface area contributed by atoms with E-state index in [2.05, 4.69) is 34.6 Å². The number of hydrogen-bond donors (Lipinski definition) is 0. The van der Waals surface area contributed by atoms with E-state index in [1.807, 2.05) is 6.92 Å². The van der Waals surface area contributed by atoms with Gasteiger partial charge in [0.1, 0.15) is 11.6 Å². The molecule has 5 aliphatic carbocycles. The Morgan fingerprint density at radius 1 is 0.926 bits per heavy atom. The van der Waals surface area contributed by atoms with Crippen molar-refractivity contribution in [2.45, 2.75) is 99.3 Å². The average Bonchev–Trinajstić information content (AvgIpc) is 3.22. The Labute approximate surface area is 165 Å². The number of carbonyl (C=O) groups excluding carboxylic acids is 2. The van der Waals surface area contributed by atoms with Gasteiger partial charge in [-0.1, -0.05) is 34.6 Å². The van der Waals surface area contributed by atoms with Crippen LogP contribution in [0.3, 0.4) is 0 Å². The first kappa shape index (κ1) is 18.4. The monoisotopic (exact) mass is 370 g/mol. The van der Waals surface area contributed by atoms with Gasteiger partial charge in [-0.25, -0.2) is 0 Å². The molecule has 0 saturated heterocycles. The molecule has 2 heteroatoms. The SMILES string of the molecule is CC(=O)C1(C)CCC23CC24CC(C)C2CC(=O)CC[C@]2(C)C4(C)CC[C@]13C. The van der Waals surface area contributed by atoms with Crippen LogP contribution in [0.4, 0.5) is 0 Å². The second kappa shape index (κ2) is 4.73. The lowest BCUT2D eigenvalue weighted by atomic mass is 9.36. The molecule has 2 nitrogen and oxygen atoms in total. The van der Waals surface area contributed by atoms with Crippen LogP contribution in [0.2, 0.25) is 0 Å². The maximum absolute atomic E-state index is 12.8. The van der Waals surface area contributed by atoms with Gasteiger partial charge in [0.05, 0.1) is 0 Å². The number of hydrogen-bond acceptors (Lipinski definition) is 2. The first-order chi connectivity index (χ1) is 12.4. The van der Waals surface area contributed by atoms with Crippen LogP contribution in [-0.4, -0.2) is 11.6 Å². The molecule has 0 aromatic rings. The maximum atomic E-state index is 12.8. The number of fused-ring (bicyclic) bond motifs is 2. The molecule has 5 fully saturated rings. The van der Waals surface area contributed by atoms with Gasteiger partial charge < -0.3 is 0 Å². The molecule has 27 heavy (non-hydrogen) atoms. The molecule has 0 aliphatic heterocycles. The zero-order chi connectivity index (χ0) is 19.7.